The molecule has 1 aromatic rings. The molecule has 78 valence electrons. The summed E-state index contributed by atoms with van der Waals surface area (Å²) >= 11 is 0. The number of nitrogens with zero attached hydrogens (tertiary/aromatic N) is 1. The van der Waals surface area contributed by atoms with E-state index in [2.05, 4.69) is 30.3 Å². The molecule has 1 aromatic heterocycles. The number of rotatable bonds is 1. The molecule has 3 heteroatoms. The molecule has 2 unspecified atom stereocenters. The van der Waals surface area contributed by atoms with Crippen LogP contribution in [-0.4, -0.2) is 31.1 Å². The van der Waals surface area contributed by atoms with Crippen LogP contribution in [0.4, 0.5) is 0 Å². The van der Waals surface area contributed by atoms with E-state index < -0.39 is 0 Å². The first-order valence-electron chi connectivity index (χ1n) is 5.17. The minimum atomic E-state index is 0.389. The largest absolute Gasteiger partial charge is 0.465 e. The Morgan fingerprint density at radius 1 is 1.50 bits per heavy atom. The van der Waals surface area contributed by atoms with Crippen molar-refractivity contribution in [3.05, 3.63) is 23.7 Å². The Balaban J connectivity index is 2.11. The first-order valence-corrected chi connectivity index (χ1v) is 5.17. The summed E-state index contributed by atoms with van der Waals surface area (Å²) in [6.45, 7) is 6.25. The number of piperazine rings is 1. The first kappa shape index (κ1) is 9.74. The molecule has 0 spiro atoms. The third-order valence-corrected chi connectivity index (χ3v) is 2.84. The van der Waals surface area contributed by atoms with Crippen LogP contribution in [0.25, 0.3) is 0 Å². The molecule has 2 heterocycles. The number of hydrogen-bond donors (Lipinski definition) is 1. The van der Waals surface area contributed by atoms with Crippen LogP contribution < -0.4 is 5.32 Å². The van der Waals surface area contributed by atoms with E-state index in [1.54, 1.807) is 0 Å². The number of likely N-dealkylation sites (N-methyl/N-ethyl adjacent to an activating group) is 1. The lowest BCUT2D eigenvalue weighted by atomic mass is 10.1. The Morgan fingerprint density at radius 2 is 2.29 bits per heavy atom. The maximum Gasteiger partial charge on any atom is 0.122 e. The second-order valence-electron chi connectivity index (χ2n) is 4.21. The lowest BCUT2D eigenvalue weighted by Crippen LogP contribution is -2.49. The van der Waals surface area contributed by atoms with Gasteiger partial charge in [-0.2, -0.15) is 0 Å². The molecule has 0 saturated carbocycles. The van der Waals surface area contributed by atoms with Crippen molar-refractivity contribution in [3.63, 3.8) is 0 Å². The predicted molar refractivity (Wildman–Crippen MR) is 56.3 cm³/mol. The summed E-state index contributed by atoms with van der Waals surface area (Å²) in [6, 6.07) is 5.07. The Bertz CT molecular complexity index is 308. The second kappa shape index (κ2) is 3.75. The number of nitrogens with one attached hydrogen (secondary N) is 1. The van der Waals surface area contributed by atoms with Gasteiger partial charge in [0.15, 0.2) is 0 Å². The van der Waals surface area contributed by atoms with Crippen molar-refractivity contribution in [1.29, 1.82) is 0 Å². The van der Waals surface area contributed by atoms with Crippen molar-refractivity contribution in [3.8, 4) is 0 Å². The van der Waals surface area contributed by atoms with Gasteiger partial charge in [-0.25, -0.2) is 0 Å². The minimum absolute atomic E-state index is 0.389. The van der Waals surface area contributed by atoms with E-state index in [1.807, 2.05) is 13.0 Å². The van der Waals surface area contributed by atoms with Crippen LogP contribution in [0.3, 0.4) is 0 Å². The molecule has 1 saturated heterocycles. The number of hydrogen-bond acceptors (Lipinski definition) is 3. The third kappa shape index (κ3) is 1.83. The van der Waals surface area contributed by atoms with Crippen LogP contribution in [-0.2, 0) is 0 Å². The van der Waals surface area contributed by atoms with Crippen molar-refractivity contribution >= 4 is 0 Å². The van der Waals surface area contributed by atoms with Gasteiger partial charge >= 0.3 is 0 Å². The molecule has 0 amide bonds. The van der Waals surface area contributed by atoms with Crippen molar-refractivity contribution in [2.75, 3.05) is 20.1 Å². The standard InChI is InChI=1S/C11H18N2O/c1-8-7-13(3)10(6-12-8)11-5-4-9(2)14-11/h4-5,8,10,12H,6-7H2,1-3H3. The molecule has 3 nitrogen and oxygen atoms in total. The number of furan rings is 1. The lowest BCUT2D eigenvalue weighted by Gasteiger charge is -2.35. The molecule has 14 heavy (non-hydrogen) atoms. The monoisotopic (exact) mass is 194 g/mol. The van der Waals surface area contributed by atoms with Crippen molar-refractivity contribution in [1.82, 2.24) is 10.2 Å². The van der Waals surface area contributed by atoms with Gasteiger partial charge < -0.3 is 9.73 Å². The highest BCUT2D eigenvalue weighted by molar-refractivity contribution is 5.11. The molecule has 1 N–H and O–H groups in total. The first-order chi connectivity index (χ1) is 6.66. The zero-order valence-corrected chi connectivity index (χ0v) is 9.08. The predicted octanol–water partition coefficient (Wildman–Crippen LogP) is 1.55. The van der Waals surface area contributed by atoms with Gasteiger partial charge in [0, 0.05) is 19.1 Å². The molecule has 0 bridgehead atoms. The molecule has 1 aliphatic rings. The Hall–Kier alpha value is -0.800. The van der Waals surface area contributed by atoms with E-state index in [1.165, 1.54) is 0 Å². The summed E-state index contributed by atoms with van der Waals surface area (Å²) in [5.74, 6) is 2.07. The van der Waals surface area contributed by atoms with Crippen molar-refractivity contribution < 1.29 is 4.42 Å². The van der Waals surface area contributed by atoms with Crippen molar-refractivity contribution in [2.45, 2.75) is 25.9 Å². The Morgan fingerprint density at radius 3 is 2.86 bits per heavy atom. The van der Waals surface area contributed by atoms with Crippen LogP contribution in [0.1, 0.15) is 24.5 Å². The summed E-state index contributed by atoms with van der Waals surface area (Å²) in [7, 11) is 2.15. The maximum atomic E-state index is 5.65. The molecule has 0 radical (unpaired) electrons. The Labute approximate surface area is 85.1 Å². The van der Waals surface area contributed by atoms with Gasteiger partial charge in [0.05, 0.1) is 6.04 Å². The molecule has 0 aliphatic carbocycles. The SMILES string of the molecule is Cc1ccc(C2CNC(C)CN2C)o1. The summed E-state index contributed by atoms with van der Waals surface area (Å²) in [5.41, 5.74) is 0. The highest BCUT2D eigenvalue weighted by atomic mass is 16.3. The van der Waals surface area contributed by atoms with Gasteiger partial charge in [-0.1, -0.05) is 0 Å². The van der Waals surface area contributed by atoms with E-state index in [9.17, 15) is 0 Å². The van der Waals surface area contributed by atoms with Gasteiger partial charge in [-0.3, -0.25) is 4.90 Å². The zero-order chi connectivity index (χ0) is 10.1. The van der Waals surface area contributed by atoms with E-state index in [0.29, 0.717) is 12.1 Å². The van der Waals surface area contributed by atoms with Crippen LogP contribution in [0.2, 0.25) is 0 Å². The molecule has 1 aliphatic heterocycles. The maximum absolute atomic E-state index is 5.65. The highest BCUT2D eigenvalue weighted by Crippen LogP contribution is 2.23. The van der Waals surface area contributed by atoms with Gasteiger partial charge in [-0.05, 0) is 33.0 Å². The van der Waals surface area contributed by atoms with Crippen LogP contribution in [0, 0.1) is 6.92 Å². The fourth-order valence-electron chi connectivity index (χ4n) is 2.04. The minimum Gasteiger partial charge on any atom is -0.465 e. The van der Waals surface area contributed by atoms with Gasteiger partial charge in [0.2, 0.25) is 0 Å². The highest BCUT2D eigenvalue weighted by Gasteiger charge is 2.25. The lowest BCUT2D eigenvalue weighted by molar-refractivity contribution is 0.150. The quantitative estimate of drug-likeness (QED) is 0.735. The van der Waals surface area contributed by atoms with Gasteiger partial charge in [0.1, 0.15) is 11.5 Å². The van der Waals surface area contributed by atoms with Crippen LogP contribution >= 0.6 is 0 Å². The topological polar surface area (TPSA) is 28.4 Å². The van der Waals surface area contributed by atoms with Crippen LogP contribution in [0.15, 0.2) is 16.5 Å². The van der Waals surface area contributed by atoms with Crippen LogP contribution in [0.5, 0.6) is 0 Å². The molecular weight excluding hydrogens is 176 g/mol. The van der Waals surface area contributed by atoms with E-state index in [0.717, 1.165) is 24.6 Å². The summed E-state index contributed by atoms with van der Waals surface area (Å²) in [4.78, 5) is 2.35. The van der Waals surface area contributed by atoms with Crippen molar-refractivity contribution in [2.24, 2.45) is 0 Å². The van der Waals surface area contributed by atoms with Gasteiger partial charge in [-0.15, -0.1) is 0 Å². The smallest absolute Gasteiger partial charge is 0.122 e. The molecule has 0 aromatic carbocycles. The molecule has 1 fully saturated rings. The molecular formula is C11H18N2O. The zero-order valence-electron chi connectivity index (χ0n) is 9.08. The molecule has 2 rings (SSSR count). The average molecular weight is 194 g/mol. The summed E-state index contributed by atoms with van der Waals surface area (Å²) < 4.78 is 5.65. The normalized spacial score (nSPS) is 29.4. The van der Waals surface area contributed by atoms with Gasteiger partial charge in [0.25, 0.3) is 0 Å². The fourth-order valence-corrected chi connectivity index (χ4v) is 2.04. The number of aryl methyl sites for hydroxylation is 1. The summed E-state index contributed by atoms with van der Waals surface area (Å²) in [6.07, 6.45) is 0. The van der Waals surface area contributed by atoms with E-state index in [4.69, 9.17) is 4.42 Å². The average Bonchev–Trinajstić information content (AvgIpc) is 2.51. The second-order valence-corrected chi connectivity index (χ2v) is 4.21. The molecule has 2 atom stereocenters. The third-order valence-electron chi connectivity index (χ3n) is 2.84. The van der Waals surface area contributed by atoms with E-state index in [-0.39, 0.29) is 0 Å². The summed E-state index contributed by atoms with van der Waals surface area (Å²) in [5, 5.41) is 3.47. The van der Waals surface area contributed by atoms with E-state index >= 15 is 0 Å². The Kier molecular flexibility index (Phi) is 2.61. The fraction of sp³-hybridized carbons (Fsp3) is 0.636.